The standard InChI is InChI=1S/C8H16N2O3.C4H10/c1-5(2)7(9)8(12)10-4-6(11)13-3;1-4(2)3/h5,7H,4,9H2,1-3H3,(H,10,12);4H,1-3H3. The highest BCUT2D eigenvalue weighted by atomic mass is 16.5. The maximum absolute atomic E-state index is 11.2. The van der Waals surface area contributed by atoms with Gasteiger partial charge in [-0.15, -0.1) is 0 Å². The Kier molecular flexibility index (Phi) is 10.8. The Bertz CT molecular complexity index is 225. The summed E-state index contributed by atoms with van der Waals surface area (Å²) >= 11 is 0. The molecule has 1 amide bonds. The molecule has 17 heavy (non-hydrogen) atoms. The van der Waals surface area contributed by atoms with E-state index in [0.717, 1.165) is 5.92 Å². The van der Waals surface area contributed by atoms with Crippen molar-refractivity contribution in [3.8, 4) is 0 Å². The van der Waals surface area contributed by atoms with Crippen molar-refractivity contribution in [3.05, 3.63) is 0 Å². The number of ether oxygens (including phenoxy) is 1. The Hall–Kier alpha value is -1.10. The largest absolute Gasteiger partial charge is 0.468 e. The van der Waals surface area contributed by atoms with Gasteiger partial charge in [0, 0.05) is 0 Å². The molecule has 0 aliphatic carbocycles. The maximum Gasteiger partial charge on any atom is 0.325 e. The first-order valence-electron chi connectivity index (χ1n) is 5.82. The minimum absolute atomic E-state index is 0.0534. The number of carbonyl (C=O) groups is 2. The number of carbonyl (C=O) groups excluding carboxylic acids is 2. The summed E-state index contributed by atoms with van der Waals surface area (Å²) in [7, 11) is 1.26. The molecule has 1 atom stereocenters. The quantitative estimate of drug-likeness (QED) is 0.723. The molecule has 0 radical (unpaired) electrons. The Morgan fingerprint density at radius 3 is 1.88 bits per heavy atom. The van der Waals surface area contributed by atoms with Gasteiger partial charge in [-0.2, -0.15) is 0 Å². The zero-order chi connectivity index (χ0) is 14.0. The zero-order valence-corrected chi connectivity index (χ0v) is 11.7. The molecule has 5 nitrogen and oxygen atoms in total. The minimum Gasteiger partial charge on any atom is -0.468 e. The van der Waals surface area contributed by atoms with Crippen LogP contribution >= 0.6 is 0 Å². The summed E-state index contributed by atoms with van der Waals surface area (Å²) in [6, 6.07) is -0.579. The van der Waals surface area contributed by atoms with Gasteiger partial charge in [-0.25, -0.2) is 0 Å². The van der Waals surface area contributed by atoms with E-state index in [0.29, 0.717) is 0 Å². The summed E-state index contributed by atoms with van der Waals surface area (Å²) in [6.07, 6.45) is 0. The first-order valence-corrected chi connectivity index (χ1v) is 5.82. The number of amides is 1. The molecule has 102 valence electrons. The first-order chi connectivity index (χ1) is 7.72. The molecular formula is C12H26N2O3. The SMILES string of the molecule is CC(C)C.COC(=O)CNC(=O)C(N)C(C)C. The maximum atomic E-state index is 11.2. The number of nitrogens with one attached hydrogen (secondary N) is 1. The van der Waals surface area contributed by atoms with Gasteiger partial charge >= 0.3 is 5.97 Å². The van der Waals surface area contributed by atoms with Crippen LogP contribution in [0.2, 0.25) is 0 Å². The topological polar surface area (TPSA) is 81.4 Å². The minimum atomic E-state index is -0.579. The van der Waals surface area contributed by atoms with E-state index in [1.54, 1.807) is 0 Å². The van der Waals surface area contributed by atoms with Crippen molar-refractivity contribution in [2.75, 3.05) is 13.7 Å². The van der Waals surface area contributed by atoms with Gasteiger partial charge in [-0.3, -0.25) is 9.59 Å². The van der Waals surface area contributed by atoms with Gasteiger partial charge in [-0.05, 0) is 11.8 Å². The molecule has 0 aliphatic rings. The molecular weight excluding hydrogens is 220 g/mol. The van der Waals surface area contributed by atoms with Crippen LogP contribution in [0, 0.1) is 11.8 Å². The smallest absolute Gasteiger partial charge is 0.325 e. The van der Waals surface area contributed by atoms with Crippen LogP contribution in [-0.2, 0) is 14.3 Å². The van der Waals surface area contributed by atoms with Crippen molar-refractivity contribution < 1.29 is 14.3 Å². The predicted octanol–water partition coefficient (Wildman–Crippen LogP) is 0.921. The fraction of sp³-hybridized carbons (Fsp3) is 0.833. The molecule has 0 aliphatic heterocycles. The molecule has 0 bridgehead atoms. The van der Waals surface area contributed by atoms with E-state index in [-0.39, 0.29) is 18.4 Å². The third-order valence-corrected chi connectivity index (χ3v) is 1.66. The summed E-state index contributed by atoms with van der Waals surface area (Å²) in [4.78, 5) is 21.8. The number of esters is 1. The zero-order valence-electron chi connectivity index (χ0n) is 11.7. The van der Waals surface area contributed by atoms with E-state index in [1.165, 1.54) is 7.11 Å². The van der Waals surface area contributed by atoms with Crippen molar-refractivity contribution in [3.63, 3.8) is 0 Å². The number of rotatable bonds is 4. The van der Waals surface area contributed by atoms with E-state index in [1.807, 2.05) is 13.8 Å². The normalized spacial score (nSPS) is 11.6. The van der Waals surface area contributed by atoms with Gasteiger partial charge < -0.3 is 15.8 Å². The van der Waals surface area contributed by atoms with Crippen molar-refractivity contribution in [2.45, 2.75) is 40.7 Å². The summed E-state index contributed by atoms with van der Waals surface area (Å²) in [6.45, 7) is 10.0. The van der Waals surface area contributed by atoms with Gasteiger partial charge in [0.1, 0.15) is 6.54 Å². The van der Waals surface area contributed by atoms with E-state index >= 15 is 0 Å². The number of nitrogens with two attached hydrogens (primary N) is 1. The summed E-state index contributed by atoms with van der Waals surface area (Å²) in [5.41, 5.74) is 5.52. The Morgan fingerprint density at radius 1 is 1.18 bits per heavy atom. The third kappa shape index (κ3) is 12.8. The summed E-state index contributed by atoms with van der Waals surface area (Å²) in [5, 5.41) is 2.38. The fourth-order valence-corrected chi connectivity index (χ4v) is 0.652. The number of hydrogen-bond donors (Lipinski definition) is 2. The van der Waals surface area contributed by atoms with Gasteiger partial charge in [0.25, 0.3) is 0 Å². The molecule has 0 aromatic rings. The second-order valence-corrected chi connectivity index (χ2v) is 4.80. The highest BCUT2D eigenvalue weighted by Crippen LogP contribution is 1.97. The second kappa shape index (κ2) is 10.1. The molecule has 0 saturated carbocycles. The molecule has 0 aromatic carbocycles. The Labute approximate surface area is 104 Å². The van der Waals surface area contributed by atoms with Crippen LogP contribution in [0.15, 0.2) is 0 Å². The average molecular weight is 246 g/mol. The predicted molar refractivity (Wildman–Crippen MR) is 68.4 cm³/mol. The number of hydrogen-bond acceptors (Lipinski definition) is 4. The van der Waals surface area contributed by atoms with Crippen LogP contribution in [-0.4, -0.2) is 31.6 Å². The molecule has 5 heteroatoms. The molecule has 0 heterocycles. The van der Waals surface area contributed by atoms with Crippen LogP contribution in [0.5, 0.6) is 0 Å². The monoisotopic (exact) mass is 246 g/mol. The van der Waals surface area contributed by atoms with E-state index in [9.17, 15) is 9.59 Å². The lowest BCUT2D eigenvalue weighted by Gasteiger charge is -2.14. The van der Waals surface area contributed by atoms with Crippen LogP contribution in [0.4, 0.5) is 0 Å². The highest BCUT2D eigenvalue weighted by molar-refractivity contribution is 5.85. The lowest BCUT2D eigenvalue weighted by molar-refractivity contribution is -0.141. The van der Waals surface area contributed by atoms with E-state index in [4.69, 9.17) is 5.73 Å². The molecule has 0 aromatic heterocycles. The molecule has 0 rings (SSSR count). The second-order valence-electron chi connectivity index (χ2n) is 4.80. The van der Waals surface area contributed by atoms with Crippen LogP contribution < -0.4 is 11.1 Å². The molecule has 1 unspecified atom stereocenters. The van der Waals surface area contributed by atoms with Gasteiger partial charge in [0.05, 0.1) is 13.2 Å². The fourth-order valence-electron chi connectivity index (χ4n) is 0.652. The Morgan fingerprint density at radius 2 is 1.59 bits per heavy atom. The number of methoxy groups -OCH3 is 1. The van der Waals surface area contributed by atoms with Crippen molar-refractivity contribution in [1.82, 2.24) is 5.32 Å². The molecule has 3 N–H and O–H groups in total. The molecule has 0 spiro atoms. The lowest BCUT2D eigenvalue weighted by Crippen LogP contribution is -2.45. The molecule has 0 saturated heterocycles. The van der Waals surface area contributed by atoms with Gasteiger partial charge in [-0.1, -0.05) is 34.6 Å². The van der Waals surface area contributed by atoms with Crippen molar-refractivity contribution in [1.29, 1.82) is 0 Å². The summed E-state index contributed by atoms with van der Waals surface area (Å²) < 4.78 is 4.35. The summed E-state index contributed by atoms with van der Waals surface area (Å²) in [5.74, 6) is 0.0716. The van der Waals surface area contributed by atoms with Crippen molar-refractivity contribution in [2.24, 2.45) is 17.6 Å². The van der Waals surface area contributed by atoms with Crippen LogP contribution in [0.3, 0.4) is 0 Å². The van der Waals surface area contributed by atoms with E-state index < -0.39 is 12.0 Å². The van der Waals surface area contributed by atoms with Crippen LogP contribution in [0.25, 0.3) is 0 Å². The van der Waals surface area contributed by atoms with Gasteiger partial charge in [0.2, 0.25) is 5.91 Å². The molecule has 0 fully saturated rings. The highest BCUT2D eigenvalue weighted by Gasteiger charge is 2.17. The van der Waals surface area contributed by atoms with Crippen molar-refractivity contribution >= 4 is 11.9 Å². The lowest BCUT2D eigenvalue weighted by atomic mass is 10.1. The van der Waals surface area contributed by atoms with Gasteiger partial charge in [0.15, 0.2) is 0 Å². The average Bonchev–Trinajstić information content (AvgIpc) is 2.23. The van der Waals surface area contributed by atoms with E-state index in [2.05, 4.69) is 30.8 Å². The van der Waals surface area contributed by atoms with Crippen LogP contribution in [0.1, 0.15) is 34.6 Å². The first kappa shape index (κ1) is 18.3. The Balaban J connectivity index is 0. The third-order valence-electron chi connectivity index (χ3n) is 1.66.